The van der Waals surface area contributed by atoms with Crippen LogP contribution in [0.2, 0.25) is 0 Å². The summed E-state index contributed by atoms with van der Waals surface area (Å²) in [5, 5.41) is 6.58. The van der Waals surface area contributed by atoms with Gasteiger partial charge in [0.2, 0.25) is 5.88 Å². The summed E-state index contributed by atoms with van der Waals surface area (Å²) in [6.45, 7) is 5.26. The number of nitrogens with zero attached hydrogens (tertiary/aromatic N) is 2. The van der Waals surface area contributed by atoms with Gasteiger partial charge in [0.1, 0.15) is 0 Å². The van der Waals surface area contributed by atoms with Crippen LogP contribution in [0.25, 0.3) is 0 Å². The molecular formula is C16H26N4OS. The minimum Gasteiger partial charge on any atom is -0.477 e. The van der Waals surface area contributed by atoms with Crippen molar-refractivity contribution in [1.29, 1.82) is 0 Å². The molecule has 0 spiro atoms. The molecule has 122 valence electrons. The molecule has 0 atom stereocenters. The highest BCUT2D eigenvalue weighted by Gasteiger charge is 2.22. The molecule has 1 aromatic rings. The van der Waals surface area contributed by atoms with E-state index in [1.165, 1.54) is 12.8 Å². The largest absolute Gasteiger partial charge is 0.477 e. The van der Waals surface area contributed by atoms with Crippen LogP contribution in [0.15, 0.2) is 23.3 Å². The second kappa shape index (κ2) is 9.56. The van der Waals surface area contributed by atoms with Gasteiger partial charge in [-0.15, -0.1) is 0 Å². The molecule has 0 aliphatic heterocycles. The van der Waals surface area contributed by atoms with E-state index in [4.69, 9.17) is 4.74 Å². The van der Waals surface area contributed by atoms with Gasteiger partial charge in [0, 0.05) is 31.1 Å². The SMILES string of the molecule is CCNC(=NCc1ccnc(OCC2CC2)c1)NCCSC. The summed E-state index contributed by atoms with van der Waals surface area (Å²) >= 11 is 1.82. The molecule has 2 N–H and O–H groups in total. The average Bonchev–Trinajstić information content (AvgIpc) is 3.36. The Kier molecular flexibility index (Phi) is 7.36. The van der Waals surface area contributed by atoms with Crippen LogP contribution in [-0.2, 0) is 6.54 Å². The Hall–Kier alpha value is -1.43. The molecule has 0 aromatic carbocycles. The molecule has 5 nitrogen and oxygen atoms in total. The molecule has 22 heavy (non-hydrogen) atoms. The van der Waals surface area contributed by atoms with Gasteiger partial charge in [0.15, 0.2) is 5.96 Å². The minimum absolute atomic E-state index is 0.622. The lowest BCUT2D eigenvalue weighted by Crippen LogP contribution is -2.38. The fourth-order valence-electron chi connectivity index (χ4n) is 1.90. The molecule has 6 heteroatoms. The van der Waals surface area contributed by atoms with E-state index in [2.05, 4.69) is 33.8 Å². The zero-order valence-corrected chi connectivity index (χ0v) is 14.3. The van der Waals surface area contributed by atoms with Crippen LogP contribution in [0.1, 0.15) is 25.3 Å². The first-order valence-electron chi connectivity index (χ1n) is 7.90. The van der Waals surface area contributed by atoms with E-state index < -0.39 is 0 Å². The van der Waals surface area contributed by atoms with E-state index in [-0.39, 0.29) is 0 Å². The number of pyridine rings is 1. The number of guanidine groups is 1. The number of nitrogens with one attached hydrogen (secondary N) is 2. The zero-order chi connectivity index (χ0) is 15.6. The Morgan fingerprint density at radius 2 is 2.32 bits per heavy atom. The van der Waals surface area contributed by atoms with Crippen molar-refractivity contribution in [2.24, 2.45) is 10.9 Å². The van der Waals surface area contributed by atoms with Crippen molar-refractivity contribution >= 4 is 17.7 Å². The predicted octanol–water partition coefficient (Wildman–Crippen LogP) is 2.29. The van der Waals surface area contributed by atoms with E-state index >= 15 is 0 Å². The van der Waals surface area contributed by atoms with Crippen molar-refractivity contribution in [1.82, 2.24) is 15.6 Å². The minimum atomic E-state index is 0.622. The lowest BCUT2D eigenvalue weighted by atomic mass is 10.3. The van der Waals surface area contributed by atoms with E-state index in [9.17, 15) is 0 Å². The summed E-state index contributed by atoms with van der Waals surface area (Å²) in [5.41, 5.74) is 1.11. The van der Waals surface area contributed by atoms with Gasteiger partial charge in [-0.05, 0) is 43.6 Å². The first-order valence-corrected chi connectivity index (χ1v) is 9.30. The van der Waals surface area contributed by atoms with Crippen molar-refractivity contribution in [3.8, 4) is 5.88 Å². The first kappa shape index (κ1) is 16.9. The highest BCUT2D eigenvalue weighted by molar-refractivity contribution is 7.98. The molecule has 1 heterocycles. The van der Waals surface area contributed by atoms with E-state index in [0.29, 0.717) is 12.4 Å². The third-order valence-electron chi connectivity index (χ3n) is 3.33. The number of rotatable bonds is 9. The summed E-state index contributed by atoms with van der Waals surface area (Å²) in [6, 6.07) is 3.97. The molecule has 1 aromatic heterocycles. The van der Waals surface area contributed by atoms with Crippen LogP contribution in [0.3, 0.4) is 0 Å². The monoisotopic (exact) mass is 322 g/mol. The summed E-state index contributed by atoms with van der Waals surface area (Å²) in [5.74, 6) is 3.37. The number of aliphatic imine (C=N–C) groups is 1. The molecule has 0 saturated heterocycles. The lowest BCUT2D eigenvalue weighted by molar-refractivity contribution is 0.288. The highest BCUT2D eigenvalue weighted by Crippen LogP contribution is 2.29. The van der Waals surface area contributed by atoms with Crippen LogP contribution in [-0.4, -0.2) is 42.6 Å². The Labute approximate surface area is 137 Å². The van der Waals surface area contributed by atoms with Gasteiger partial charge in [-0.1, -0.05) is 0 Å². The maximum Gasteiger partial charge on any atom is 0.213 e. The summed E-state index contributed by atoms with van der Waals surface area (Å²) in [6.07, 6.45) is 6.47. The van der Waals surface area contributed by atoms with Crippen LogP contribution in [0, 0.1) is 5.92 Å². The molecule has 1 saturated carbocycles. The molecule has 2 rings (SSSR count). The Morgan fingerprint density at radius 3 is 3.05 bits per heavy atom. The molecule has 0 amide bonds. The average molecular weight is 322 g/mol. The molecule has 1 aliphatic carbocycles. The third kappa shape index (κ3) is 6.56. The summed E-state index contributed by atoms with van der Waals surface area (Å²) < 4.78 is 5.71. The smallest absolute Gasteiger partial charge is 0.213 e. The Bertz CT molecular complexity index is 477. The van der Waals surface area contributed by atoms with Crippen LogP contribution < -0.4 is 15.4 Å². The lowest BCUT2D eigenvalue weighted by Gasteiger charge is -2.11. The van der Waals surface area contributed by atoms with Gasteiger partial charge in [-0.25, -0.2) is 9.98 Å². The maximum absolute atomic E-state index is 5.71. The number of hydrogen-bond donors (Lipinski definition) is 2. The van der Waals surface area contributed by atoms with Gasteiger partial charge in [-0.2, -0.15) is 11.8 Å². The standard InChI is InChI=1S/C16H26N4OS/c1-3-17-16(19-8-9-22-2)20-11-14-6-7-18-15(10-14)21-12-13-4-5-13/h6-7,10,13H,3-5,8-9,11-12H2,1-2H3,(H2,17,19,20). The topological polar surface area (TPSA) is 58.5 Å². The molecule has 0 radical (unpaired) electrons. The third-order valence-corrected chi connectivity index (χ3v) is 3.94. The van der Waals surface area contributed by atoms with E-state index in [1.54, 1.807) is 6.20 Å². The number of thioether (sulfide) groups is 1. The van der Waals surface area contributed by atoms with Gasteiger partial charge in [-0.3, -0.25) is 0 Å². The van der Waals surface area contributed by atoms with Crippen LogP contribution in [0.4, 0.5) is 0 Å². The number of ether oxygens (including phenoxy) is 1. The quantitative estimate of drug-likeness (QED) is 0.415. The van der Waals surface area contributed by atoms with E-state index in [1.807, 2.05) is 23.9 Å². The van der Waals surface area contributed by atoms with Gasteiger partial charge >= 0.3 is 0 Å². The van der Waals surface area contributed by atoms with Crippen molar-refractivity contribution in [3.63, 3.8) is 0 Å². The zero-order valence-electron chi connectivity index (χ0n) is 13.5. The van der Waals surface area contributed by atoms with Crippen molar-refractivity contribution in [2.75, 3.05) is 31.7 Å². The molecule has 0 unspecified atom stereocenters. The van der Waals surface area contributed by atoms with Gasteiger partial charge in [0.05, 0.1) is 13.2 Å². The maximum atomic E-state index is 5.71. The van der Waals surface area contributed by atoms with Crippen LogP contribution in [0.5, 0.6) is 5.88 Å². The number of hydrogen-bond acceptors (Lipinski definition) is 4. The van der Waals surface area contributed by atoms with Crippen molar-refractivity contribution in [2.45, 2.75) is 26.3 Å². The van der Waals surface area contributed by atoms with Crippen LogP contribution >= 0.6 is 11.8 Å². The number of aromatic nitrogens is 1. The normalized spacial score (nSPS) is 14.7. The summed E-state index contributed by atoms with van der Waals surface area (Å²) in [7, 11) is 0. The summed E-state index contributed by atoms with van der Waals surface area (Å²) in [4.78, 5) is 8.86. The van der Waals surface area contributed by atoms with E-state index in [0.717, 1.165) is 42.9 Å². The Morgan fingerprint density at radius 1 is 1.45 bits per heavy atom. The highest BCUT2D eigenvalue weighted by atomic mass is 32.2. The van der Waals surface area contributed by atoms with Crippen molar-refractivity contribution < 1.29 is 4.74 Å². The fourth-order valence-corrected chi connectivity index (χ4v) is 2.21. The molecule has 1 aliphatic rings. The molecule has 1 fully saturated rings. The Balaban J connectivity index is 1.85. The van der Waals surface area contributed by atoms with Crippen molar-refractivity contribution in [3.05, 3.63) is 23.9 Å². The predicted molar refractivity (Wildman–Crippen MR) is 93.7 cm³/mol. The molecular weight excluding hydrogens is 296 g/mol. The molecule has 0 bridgehead atoms. The van der Waals surface area contributed by atoms with Gasteiger partial charge in [0.25, 0.3) is 0 Å². The fraction of sp³-hybridized carbons (Fsp3) is 0.625. The second-order valence-electron chi connectivity index (χ2n) is 5.37. The van der Waals surface area contributed by atoms with Gasteiger partial charge < -0.3 is 15.4 Å². The first-order chi connectivity index (χ1) is 10.8. The second-order valence-corrected chi connectivity index (χ2v) is 6.36.